The molecule has 0 saturated heterocycles. The summed E-state index contributed by atoms with van der Waals surface area (Å²) < 4.78 is 12.7. The van der Waals surface area contributed by atoms with Gasteiger partial charge >= 0.3 is 0 Å². The van der Waals surface area contributed by atoms with Gasteiger partial charge in [0, 0.05) is 13.1 Å². The number of ether oxygens (including phenoxy) is 2. The minimum Gasteiger partial charge on any atom is -0.497 e. The topological polar surface area (TPSA) is 65.4 Å². The highest BCUT2D eigenvalue weighted by molar-refractivity contribution is 5.79. The van der Waals surface area contributed by atoms with Gasteiger partial charge in [0.25, 0.3) is 0 Å². The molecule has 1 atom stereocenters. The zero-order valence-corrected chi connectivity index (χ0v) is 13.6. The molecule has 1 N–H and O–H groups in total. The molecule has 1 aromatic carbocycles. The Hall–Kier alpha value is -2.50. The van der Waals surface area contributed by atoms with Crippen LogP contribution in [0.5, 0.6) is 11.5 Å². The second kappa shape index (κ2) is 6.32. The van der Waals surface area contributed by atoms with Gasteiger partial charge in [0.1, 0.15) is 18.1 Å². The van der Waals surface area contributed by atoms with Crippen LogP contribution in [0.15, 0.2) is 24.3 Å². The molecular formula is C17H21N3O3. The first-order valence-corrected chi connectivity index (χ1v) is 7.63. The highest BCUT2D eigenvalue weighted by Gasteiger charge is 2.26. The number of rotatable bonds is 4. The fraction of sp³-hybridized carbons (Fsp3) is 0.412. The summed E-state index contributed by atoms with van der Waals surface area (Å²) in [6.45, 7) is 2.80. The van der Waals surface area contributed by atoms with Crippen molar-refractivity contribution in [2.75, 3.05) is 13.7 Å². The van der Waals surface area contributed by atoms with Crippen LogP contribution in [-0.2, 0) is 24.8 Å². The number of aromatic nitrogens is 2. The van der Waals surface area contributed by atoms with Gasteiger partial charge in [-0.3, -0.25) is 9.48 Å². The van der Waals surface area contributed by atoms with E-state index in [9.17, 15) is 4.79 Å². The van der Waals surface area contributed by atoms with Crippen LogP contribution in [0, 0.1) is 12.8 Å². The van der Waals surface area contributed by atoms with Crippen molar-refractivity contribution in [1.29, 1.82) is 0 Å². The SMILES string of the molecule is COc1ccc2c(c1)OC[C@@H](C(=O)NCc1cc(C)nn1C)C2. The maximum absolute atomic E-state index is 12.4. The number of carbonyl (C=O) groups excluding carboxylic acids is 1. The van der Waals surface area contributed by atoms with Gasteiger partial charge in [-0.15, -0.1) is 0 Å². The van der Waals surface area contributed by atoms with Gasteiger partial charge in [-0.1, -0.05) is 6.07 Å². The lowest BCUT2D eigenvalue weighted by Gasteiger charge is -2.25. The van der Waals surface area contributed by atoms with Gasteiger partial charge in [-0.05, 0) is 31.0 Å². The molecule has 0 fully saturated rings. The molecule has 1 aliphatic heterocycles. The third kappa shape index (κ3) is 3.31. The smallest absolute Gasteiger partial charge is 0.227 e. The highest BCUT2D eigenvalue weighted by atomic mass is 16.5. The molecule has 0 unspecified atom stereocenters. The first kappa shape index (κ1) is 15.4. The number of hydrogen-bond acceptors (Lipinski definition) is 4. The van der Waals surface area contributed by atoms with Crippen LogP contribution in [0.1, 0.15) is 17.0 Å². The Morgan fingerprint density at radius 1 is 1.48 bits per heavy atom. The Labute approximate surface area is 135 Å². The summed E-state index contributed by atoms with van der Waals surface area (Å²) in [5.74, 6) is 1.39. The summed E-state index contributed by atoms with van der Waals surface area (Å²) in [7, 11) is 3.50. The molecule has 3 rings (SSSR count). The zero-order chi connectivity index (χ0) is 16.4. The summed E-state index contributed by atoms with van der Waals surface area (Å²) in [6.07, 6.45) is 0.676. The van der Waals surface area contributed by atoms with E-state index in [0.29, 0.717) is 19.6 Å². The third-order valence-corrected chi connectivity index (χ3v) is 4.09. The number of amides is 1. The molecule has 6 nitrogen and oxygen atoms in total. The van der Waals surface area contributed by atoms with E-state index in [4.69, 9.17) is 9.47 Å². The molecule has 0 saturated carbocycles. The number of nitrogens with one attached hydrogen (secondary N) is 1. The molecule has 0 radical (unpaired) electrons. The van der Waals surface area contributed by atoms with E-state index in [2.05, 4.69) is 10.4 Å². The average molecular weight is 315 g/mol. The number of carbonyl (C=O) groups is 1. The van der Waals surface area contributed by atoms with Crippen LogP contribution in [0.3, 0.4) is 0 Å². The van der Waals surface area contributed by atoms with Crippen molar-refractivity contribution in [3.63, 3.8) is 0 Å². The Balaban J connectivity index is 1.61. The van der Waals surface area contributed by atoms with Crippen LogP contribution in [0.2, 0.25) is 0 Å². The van der Waals surface area contributed by atoms with Crippen molar-refractivity contribution in [3.05, 3.63) is 41.2 Å². The molecule has 6 heteroatoms. The van der Waals surface area contributed by atoms with Crippen LogP contribution in [0.4, 0.5) is 0 Å². The quantitative estimate of drug-likeness (QED) is 0.931. The second-order valence-corrected chi connectivity index (χ2v) is 5.80. The molecule has 2 aromatic rings. The lowest BCUT2D eigenvalue weighted by Crippen LogP contribution is -2.37. The molecule has 2 heterocycles. The van der Waals surface area contributed by atoms with Gasteiger partial charge in [0.15, 0.2) is 0 Å². The lowest BCUT2D eigenvalue weighted by atomic mass is 9.96. The predicted octanol–water partition coefficient (Wildman–Crippen LogP) is 1.60. The number of methoxy groups -OCH3 is 1. The Bertz CT molecular complexity index is 724. The molecule has 1 amide bonds. The summed E-state index contributed by atoms with van der Waals surface area (Å²) in [5.41, 5.74) is 2.96. The summed E-state index contributed by atoms with van der Waals surface area (Å²) in [6, 6.07) is 7.68. The van der Waals surface area contributed by atoms with Gasteiger partial charge in [-0.25, -0.2) is 0 Å². The van der Waals surface area contributed by atoms with Crippen molar-refractivity contribution in [3.8, 4) is 11.5 Å². The van der Waals surface area contributed by atoms with Crippen LogP contribution in [-0.4, -0.2) is 29.4 Å². The molecule has 0 spiro atoms. The van der Waals surface area contributed by atoms with Gasteiger partial charge in [0.2, 0.25) is 5.91 Å². The Morgan fingerprint density at radius 2 is 2.30 bits per heavy atom. The number of nitrogens with zero attached hydrogens (tertiary/aromatic N) is 2. The predicted molar refractivity (Wildman–Crippen MR) is 85.5 cm³/mol. The Morgan fingerprint density at radius 3 is 3.00 bits per heavy atom. The molecule has 0 bridgehead atoms. The standard InChI is InChI=1S/C17H21N3O3/c1-11-6-14(20(2)19-11)9-18-17(21)13-7-12-4-5-15(22-3)8-16(12)23-10-13/h4-6,8,13H,7,9-10H2,1-3H3,(H,18,21)/t13-/m0/s1. The van der Waals surface area contributed by atoms with E-state index in [1.165, 1.54) is 0 Å². The fourth-order valence-electron chi connectivity index (χ4n) is 2.80. The Kier molecular flexibility index (Phi) is 4.23. The van der Waals surface area contributed by atoms with Crippen LogP contribution >= 0.6 is 0 Å². The second-order valence-electron chi connectivity index (χ2n) is 5.80. The maximum atomic E-state index is 12.4. The molecule has 1 aromatic heterocycles. The normalized spacial score (nSPS) is 16.4. The van der Waals surface area contributed by atoms with Crippen molar-refractivity contribution in [2.24, 2.45) is 13.0 Å². The van der Waals surface area contributed by atoms with Crippen molar-refractivity contribution < 1.29 is 14.3 Å². The number of hydrogen-bond donors (Lipinski definition) is 1. The summed E-state index contributed by atoms with van der Waals surface area (Å²) >= 11 is 0. The first-order chi connectivity index (χ1) is 11.1. The summed E-state index contributed by atoms with van der Waals surface area (Å²) in [5, 5.41) is 7.25. The van der Waals surface area contributed by atoms with E-state index < -0.39 is 0 Å². The van der Waals surface area contributed by atoms with Gasteiger partial charge in [-0.2, -0.15) is 5.10 Å². The summed E-state index contributed by atoms with van der Waals surface area (Å²) in [4.78, 5) is 12.4. The van der Waals surface area contributed by atoms with Gasteiger partial charge in [0.05, 0.1) is 31.0 Å². The first-order valence-electron chi connectivity index (χ1n) is 7.63. The molecule has 122 valence electrons. The molecule has 0 aliphatic carbocycles. The van der Waals surface area contributed by atoms with Crippen molar-refractivity contribution in [2.45, 2.75) is 19.9 Å². The van der Waals surface area contributed by atoms with E-state index in [-0.39, 0.29) is 11.8 Å². The number of benzene rings is 1. The zero-order valence-electron chi connectivity index (χ0n) is 13.6. The van der Waals surface area contributed by atoms with Gasteiger partial charge < -0.3 is 14.8 Å². The molecule has 23 heavy (non-hydrogen) atoms. The third-order valence-electron chi connectivity index (χ3n) is 4.09. The van der Waals surface area contributed by atoms with E-state index in [0.717, 1.165) is 28.5 Å². The van der Waals surface area contributed by atoms with Crippen molar-refractivity contribution >= 4 is 5.91 Å². The largest absolute Gasteiger partial charge is 0.497 e. The lowest BCUT2D eigenvalue weighted by molar-refractivity contribution is -0.126. The monoisotopic (exact) mass is 315 g/mol. The highest BCUT2D eigenvalue weighted by Crippen LogP contribution is 2.31. The fourth-order valence-corrected chi connectivity index (χ4v) is 2.80. The van der Waals surface area contributed by atoms with Crippen LogP contribution in [0.25, 0.3) is 0 Å². The minimum absolute atomic E-state index is 0.00493. The van der Waals surface area contributed by atoms with Crippen molar-refractivity contribution in [1.82, 2.24) is 15.1 Å². The van der Waals surface area contributed by atoms with E-state index >= 15 is 0 Å². The maximum Gasteiger partial charge on any atom is 0.227 e. The van der Waals surface area contributed by atoms with E-state index in [1.807, 2.05) is 38.2 Å². The van der Waals surface area contributed by atoms with Crippen LogP contribution < -0.4 is 14.8 Å². The van der Waals surface area contributed by atoms with E-state index in [1.54, 1.807) is 11.8 Å². The molecular weight excluding hydrogens is 294 g/mol. The molecule has 1 aliphatic rings. The average Bonchev–Trinajstić information content (AvgIpc) is 2.89. The number of fused-ring (bicyclic) bond motifs is 1. The minimum atomic E-state index is -0.176. The number of aryl methyl sites for hydroxylation is 2.